The number of aliphatic carboxylic acids is 1. The fourth-order valence-electron chi connectivity index (χ4n) is 2.46. The molecule has 1 aliphatic rings. The van der Waals surface area contributed by atoms with Gasteiger partial charge in [0.05, 0.1) is 6.42 Å². The van der Waals surface area contributed by atoms with Gasteiger partial charge in [-0.1, -0.05) is 19.9 Å². The van der Waals surface area contributed by atoms with Gasteiger partial charge in [-0.05, 0) is 36.5 Å². The van der Waals surface area contributed by atoms with Crippen molar-refractivity contribution in [2.75, 3.05) is 0 Å². The molecule has 0 bridgehead atoms. The number of hydrogen-bond acceptors (Lipinski definition) is 1. The molecule has 2 nitrogen and oxygen atoms in total. The Morgan fingerprint density at radius 2 is 2.21 bits per heavy atom. The van der Waals surface area contributed by atoms with Crippen molar-refractivity contribution in [3.63, 3.8) is 0 Å². The van der Waals surface area contributed by atoms with Gasteiger partial charge in [0.2, 0.25) is 0 Å². The predicted molar refractivity (Wildman–Crippen MR) is 57.1 cm³/mol. The van der Waals surface area contributed by atoms with Crippen LogP contribution < -0.4 is 0 Å². The molecule has 3 unspecified atom stereocenters. The summed E-state index contributed by atoms with van der Waals surface area (Å²) < 4.78 is 0. The average molecular weight is 196 g/mol. The van der Waals surface area contributed by atoms with Crippen LogP contribution in [0.1, 0.15) is 39.5 Å². The van der Waals surface area contributed by atoms with E-state index >= 15 is 0 Å². The highest BCUT2D eigenvalue weighted by Gasteiger charge is 2.36. The molecule has 1 saturated carbocycles. The molecule has 3 atom stereocenters. The Balaban J connectivity index is 2.71. The van der Waals surface area contributed by atoms with Crippen LogP contribution in [-0.2, 0) is 4.79 Å². The maximum absolute atomic E-state index is 10.8. The Bertz CT molecular complexity index is 234. The van der Waals surface area contributed by atoms with Gasteiger partial charge >= 0.3 is 5.97 Å². The number of carbonyl (C=O) groups is 1. The molecule has 0 aliphatic heterocycles. The van der Waals surface area contributed by atoms with E-state index in [1.54, 1.807) is 0 Å². The summed E-state index contributed by atoms with van der Waals surface area (Å²) in [5.41, 5.74) is -0.141. The summed E-state index contributed by atoms with van der Waals surface area (Å²) in [5.74, 6) is 0.629. The highest BCUT2D eigenvalue weighted by atomic mass is 16.4. The van der Waals surface area contributed by atoms with Crippen LogP contribution in [-0.4, -0.2) is 11.1 Å². The molecule has 14 heavy (non-hydrogen) atoms. The smallest absolute Gasteiger partial charge is 0.304 e. The molecule has 1 N–H and O–H groups in total. The molecule has 0 radical (unpaired) electrons. The van der Waals surface area contributed by atoms with E-state index in [9.17, 15) is 4.79 Å². The van der Waals surface area contributed by atoms with E-state index in [0.717, 1.165) is 25.2 Å². The second-order valence-electron chi connectivity index (χ2n) is 4.83. The van der Waals surface area contributed by atoms with Crippen molar-refractivity contribution in [2.24, 2.45) is 17.3 Å². The first-order valence-electron chi connectivity index (χ1n) is 5.34. The maximum atomic E-state index is 10.8. The first kappa shape index (κ1) is 11.3. The summed E-state index contributed by atoms with van der Waals surface area (Å²) in [6, 6.07) is 0. The summed E-state index contributed by atoms with van der Waals surface area (Å²) in [5, 5.41) is 8.87. The van der Waals surface area contributed by atoms with Crippen LogP contribution in [0.15, 0.2) is 12.7 Å². The Morgan fingerprint density at radius 3 is 2.64 bits per heavy atom. The fourth-order valence-corrected chi connectivity index (χ4v) is 2.46. The number of hydrogen-bond donors (Lipinski definition) is 1. The van der Waals surface area contributed by atoms with Gasteiger partial charge in [0.25, 0.3) is 0 Å². The van der Waals surface area contributed by atoms with Gasteiger partial charge in [0, 0.05) is 0 Å². The van der Waals surface area contributed by atoms with E-state index in [1.165, 1.54) is 0 Å². The van der Waals surface area contributed by atoms with Crippen molar-refractivity contribution < 1.29 is 9.90 Å². The molecule has 1 aliphatic carbocycles. The first-order valence-corrected chi connectivity index (χ1v) is 5.34. The summed E-state index contributed by atoms with van der Waals surface area (Å²) in [6.45, 7) is 8.27. The van der Waals surface area contributed by atoms with E-state index in [1.807, 2.05) is 6.08 Å². The topological polar surface area (TPSA) is 37.3 Å². The van der Waals surface area contributed by atoms with Crippen molar-refractivity contribution in [2.45, 2.75) is 39.5 Å². The van der Waals surface area contributed by atoms with Crippen LogP contribution in [0.4, 0.5) is 0 Å². The zero-order valence-electron chi connectivity index (χ0n) is 9.12. The lowest BCUT2D eigenvalue weighted by molar-refractivity contribution is -0.139. The summed E-state index contributed by atoms with van der Waals surface area (Å²) in [4.78, 5) is 10.8. The molecule has 0 aromatic carbocycles. The van der Waals surface area contributed by atoms with Gasteiger partial charge in [-0.2, -0.15) is 0 Å². The lowest BCUT2D eigenvalue weighted by atomic mass is 9.65. The lowest BCUT2D eigenvalue weighted by Gasteiger charge is -2.40. The van der Waals surface area contributed by atoms with Gasteiger partial charge in [0.15, 0.2) is 0 Å². The minimum absolute atomic E-state index is 0.141. The maximum Gasteiger partial charge on any atom is 0.304 e. The highest BCUT2D eigenvalue weighted by Crippen LogP contribution is 2.45. The zero-order valence-corrected chi connectivity index (χ0v) is 9.12. The molecule has 0 spiro atoms. The number of allylic oxidation sites excluding steroid dienone is 1. The molecular formula is C12H20O2. The SMILES string of the molecule is C=CC1(CC(=O)O)CCC(C)C(C)C1. The fraction of sp³-hybridized carbons (Fsp3) is 0.750. The summed E-state index contributed by atoms with van der Waals surface area (Å²) in [7, 11) is 0. The van der Waals surface area contributed by atoms with E-state index in [0.29, 0.717) is 5.92 Å². The van der Waals surface area contributed by atoms with E-state index in [4.69, 9.17) is 5.11 Å². The van der Waals surface area contributed by atoms with Gasteiger partial charge in [-0.25, -0.2) is 0 Å². The van der Waals surface area contributed by atoms with Gasteiger partial charge in [0.1, 0.15) is 0 Å². The third-order valence-electron chi connectivity index (χ3n) is 3.73. The quantitative estimate of drug-likeness (QED) is 0.704. The average Bonchev–Trinajstić information content (AvgIpc) is 2.11. The standard InChI is InChI=1S/C12H20O2/c1-4-12(8-11(13)14)6-5-9(2)10(3)7-12/h4,9-10H,1,5-8H2,2-3H3,(H,13,14). The van der Waals surface area contributed by atoms with Crippen molar-refractivity contribution in [1.29, 1.82) is 0 Å². The molecule has 0 amide bonds. The predicted octanol–water partition coefficient (Wildman–Crippen LogP) is 3.09. The largest absolute Gasteiger partial charge is 0.481 e. The molecule has 0 heterocycles. The molecule has 1 rings (SSSR count). The molecule has 0 saturated heterocycles. The summed E-state index contributed by atoms with van der Waals surface area (Å²) in [6.07, 6.45) is 5.19. The van der Waals surface area contributed by atoms with Gasteiger partial charge in [-0.15, -0.1) is 6.58 Å². The van der Waals surface area contributed by atoms with Crippen LogP contribution in [0.5, 0.6) is 0 Å². The Morgan fingerprint density at radius 1 is 1.57 bits per heavy atom. The third kappa shape index (κ3) is 2.37. The Hall–Kier alpha value is -0.790. The normalized spacial score (nSPS) is 37.9. The van der Waals surface area contributed by atoms with Gasteiger partial charge < -0.3 is 5.11 Å². The molecule has 2 heteroatoms. The number of rotatable bonds is 3. The summed E-state index contributed by atoms with van der Waals surface area (Å²) >= 11 is 0. The van der Waals surface area contributed by atoms with Crippen molar-refractivity contribution >= 4 is 5.97 Å². The third-order valence-corrected chi connectivity index (χ3v) is 3.73. The second-order valence-corrected chi connectivity index (χ2v) is 4.83. The van der Waals surface area contributed by atoms with Crippen molar-refractivity contribution in [3.8, 4) is 0 Å². The van der Waals surface area contributed by atoms with Crippen molar-refractivity contribution in [3.05, 3.63) is 12.7 Å². The molecule has 0 aromatic rings. The molecule has 1 fully saturated rings. The lowest BCUT2D eigenvalue weighted by Crippen LogP contribution is -2.32. The second kappa shape index (κ2) is 4.16. The van der Waals surface area contributed by atoms with Crippen molar-refractivity contribution in [1.82, 2.24) is 0 Å². The van der Waals surface area contributed by atoms with Crippen LogP contribution in [0.3, 0.4) is 0 Å². The Labute approximate surface area is 86.0 Å². The van der Waals surface area contributed by atoms with Gasteiger partial charge in [-0.3, -0.25) is 4.79 Å². The van der Waals surface area contributed by atoms with Crippen LogP contribution in [0, 0.1) is 17.3 Å². The monoisotopic (exact) mass is 196 g/mol. The Kier molecular flexibility index (Phi) is 3.35. The van der Waals surface area contributed by atoms with Crippen LogP contribution >= 0.6 is 0 Å². The highest BCUT2D eigenvalue weighted by molar-refractivity contribution is 5.68. The van der Waals surface area contributed by atoms with E-state index in [2.05, 4.69) is 20.4 Å². The molecule has 0 aromatic heterocycles. The first-order chi connectivity index (χ1) is 6.49. The number of carboxylic acids is 1. The minimum atomic E-state index is -0.702. The van der Waals surface area contributed by atoms with E-state index in [-0.39, 0.29) is 11.8 Å². The number of carboxylic acid groups (broad SMARTS) is 1. The zero-order chi connectivity index (χ0) is 10.8. The van der Waals surface area contributed by atoms with Crippen LogP contribution in [0.25, 0.3) is 0 Å². The molecular weight excluding hydrogens is 176 g/mol. The minimum Gasteiger partial charge on any atom is -0.481 e. The molecule has 80 valence electrons. The van der Waals surface area contributed by atoms with Crippen LogP contribution in [0.2, 0.25) is 0 Å². The van der Waals surface area contributed by atoms with E-state index < -0.39 is 5.97 Å².